The van der Waals surface area contributed by atoms with Crippen LogP contribution in [0.5, 0.6) is 5.75 Å². The molecule has 4 rings (SSSR count). The molecule has 2 aromatic heterocycles. The molecule has 3 aromatic rings. The van der Waals surface area contributed by atoms with E-state index in [2.05, 4.69) is 10.1 Å². The number of piperidine rings is 1. The molecule has 0 aliphatic carbocycles. The van der Waals surface area contributed by atoms with Crippen molar-refractivity contribution >= 4 is 11.8 Å². The van der Waals surface area contributed by atoms with Gasteiger partial charge in [0.05, 0.1) is 12.8 Å². The first-order chi connectivity index (χ1) is 15.4. The number of imidazole rings is 1. The number of primary amides is 1. The van der Waals surface area contributed by atoms with Gasteiger partial charge in [-0.05, 0) is 57.0 Å². The molecule has 168 valence electrons. The predicted molar refractivity (Wildman–Crippen MR) is 119 cm³/mol. The molecular formula is C23H28N6O3. The number of aromatic nitrogens is 4. The summed E-state index contributed by atoms with van der Waals surface area (Å²) in [6, 6.07) is 9.27. The average molecular weight is 437 g/mol. The lowest BCUT2D eigenvalue weighted by atomic mass is 9.97. The van der Waals surface area contributed by atoms with Crippen LogP contribution in [0.1, 0.15) is 46.5 Å². The molecule has 1 aliphatic heterocycles. The van der Waals surface area contributed by atoms with E-state index in [9.17, 15) is 9.59 Å². The van der Waals surface area contributed by atoms with Crippen LogP contribution in [0.15, 0.2) is 30.3 Å². The highest BCUT2D eigenvalue weighted by Crippen LogP contribution is 2.30. The maximum atomic E-state index is 12.9. The van der Waals surface area contributed by atoms with Gasteiger partial charge in [-0.25, -0.2) is 4.98 Å². The molecule has 32 heavy (non-hydrogen) atoms. The Morgan fingerprint density at radius 2 is 2.00 bits per heavy atom. The summed E-state index contributed by atoms with van der Waals surface area (Å²) in [5, 5.41) is 4.39. The van der Waals surface area contributed by atoms with E-state index in [1.54, 1.807) is 11.8 Å². The number of carbonyl (C=O) groups is 2. The molecule has 1 atom stereocenters. The van der Waals surface area contributed by atoms with E-state index in [1.165, 1.54) is 0 Å². The van der Waals surface area contributed by atoms with Crippen molar-refractivity contribution < 1.29 is 14.3 Å². The molecule has 9 nitrogen and oxygen atoms in total. The van der Waals surface area contributed by atoms with Crippen molar-refractivity contribution in [1.82, 2.24) is 24.6 Å². The van der Waals surface area contributed by atoms with Crippen LogP contribution in [-0.2, 0) is 11.3 Å². The molecule has 3 heterocycles. The van der Waals surface area contributed by atoms with Gasteiger partial charge < -0.3 is 20.4 Å². The highest BCUT2D eigenvalue weighted by atomic mass is 16.5. The van der Waals surface area contributed by atoms with Crippen molar-refractivity contribution in [1.29, 1.82) is 0 Å². The minimum atomic E-state index is -0.567. The number of methoxy groups -OCH3 is 1. The number of benzene rings is 1. The normalized spacial score (nSPS) is 16.2. The van der Waals surface area contributed by atoms with Gasteiger partial charge in [0.25, 0.3) is 5.91 Å². The van der Waals surface area contributed by atoms with Crippen molar-refractivity contribution in [2.24, 2.45) is 5.73 Å². The Morgan fingerprint density at radius 1 is 1.25 bits per heavy atom. The first kappa shape index (κ1) is 21.6. The van der Waals surface area contributed by atoms with E-state index in [0.717, 1.165) is 29.8 Å². The number of aromatic amines is 1. The minimum Gasteiger partial charge on any atom is -0.497 e. The van der Waals surface area contributed by atoms with E-state index in [4.69, 9.17) is 15.5 Å². The molecular weight excluding hydrogens is 408 g/mol. The lowest BCUT2D eigenvalue weighted by Gasteiger charge is -2.32. The van der Waals surface area contributed by atoms with E-state index in [1.807, 2.05) is 49.1 Å². The Bertz CT molecular complexity index is 1130. The number of nitrogens with two attached hydrogens (primary N) is 1. The first-order valence-corrected chi connectivity index (χ1v) is 10.7. The van der Waals surface area contributed by atoms with E-state index < -0.39 is 5.91 Å². The summed E-state index contributed by atoms with van der Waals surface area (Å²) in [5.41, 5.74) is 9.04. The van der Waals surface area contributed by atoms with Gasteiger partial charge >= 0.3 is 0 Å². The summed E-state index contributed by atoms with van der Waals surface area (Å²) >= 11 is 0. The standard InChI is InChI=1S/C23H28N6O3/c1-14-11-15(2)29(27-14)13-19(30)28-10-4-5-17(12-28)23-25-20(21(26-23)22(24)31)16-6-8-18(32-3)9-7-16/h6-9,11,17H,4-5,10,12-13H2,1-3H3,(H2,24,31)(H,25,26)/t17-/m1/s1. The lowest BCUT2D eigenvalue weighted by Crippen LogP contribution is -2.41. The SMILES string of the molecule is COc1ccc(-c2nc([C@@H]3CCCN(C(=O)Cn4nc(C)cc4C)C3)[nH]c2C(N)=O)cc1. The molecule has 0 unspecified atom stereocenters. The molecule has 1 aromatic carbocycles. The number of hydrogen-bond acceptors (Lipinski definition) is 5. The van der Waals surface area contributed by atoms with Crippen LogP contribution in [0, 0.1) is 13.8 Å². The summed E-state index contributed by atoms with van der Waals surface area (Å²) in [4.78, 5) is 34.7. The number of carbonyl (C=O) groups excluding carboxylic acids is 2. The molecule has 0 radical (unpaired) electrons. The Labute approximate surface area is 186 Å². The van der Waals surface area contributed by atoms with Gasteiger partial charge in [0.2, 0.25) is 5.91 Å². The van der Waals surface area contributed by atoms with Crippen molar-refractivity contribution in [2.45, 2.75) is 39.2 Å². The van der Waals surface area contributed by atoms with Gasteiger partial charge in [-0.1, -0.05) is 0 Å². The van der Waals surface area contributed by atoms with Gasteiger partial charge in [-0.15, -0.1) is 0 Å². The smallest absolute Gasteiger partial charge is 0.267 e. The molecule has 0 bridgehead atoms. The first-order valence-electron chi connectivity index (χ1n) is 10.7. The maximum absolute atomic E-state index is 12.9. The molecule has 1 aliphatic rings. The summed E-state index contributed by atoms with van der Waals surface area (Å²) in [7, 11) is 1.60. The number of ether oxygens (including phenoxy) is 1. The van der Waals surface area contributed by atoms with Crippen LogP contribution in [0.25, 0.3) is 11.3 Å². The number of rotatable bonds is 6. The second kappa shape index (κ2) is 8.86. The Morgan fingerprint density at radius 3 is 2.62 bits per heavy atom. The summed E-state index contributed by atoms with van der Waals surface area (Å²) in [6.45, 7) is 5.31. The second-order valence-corrected chi connectivity index (χ2v) is 8.20. The Hall–Kier alpha value is -3.62. The van der Waals surface area contributed by atoms with Gasteiger partial charge in [-0.2, -0.15) is 5.10 Å². The van der Waals surface area contributed by atoms with Gasteiger partial charge in [0.15, 0.2) is 0 Å². The zero-order valence-electron chi connectivity index (χ0n) is 18.6. The molecule has 9 heteroatoms. The van der Waals surface area contributed by atoms with Gasteiger partial charge in [-0.3, -0.25) is 14.3 Å². The summed E-state index contributed by atoms with van der Waals surface area (Å²) < 4.78 is 6.94. The summed E-state index contributed by atoms with van der Waals surface area (Å²) in [5.74, 6) is 0.849. The Kier molecular flexibility index (Phi) is 5.98. The zero-order chi connectivity index (χ0) is 22.8. The second-order valence-electron chi connectivity index (χ2n) is 8.20. The molecule has 2 amide bonds. The van der Waals surface area contributed by atoms with Crippen molar-refractivity contribution in [3.63, 3.8) is 0 Å². The fourth-order valence-corrected chi connectivity index (χ4v) is 4.21. The van der Waals surface area contributed by atoms with Crippen LogP contribution < -0.4 is 10.5 Å². The molecule has 3 N–H and O–H groups in total. The van der Waals surface area contributed by atoms with Gasteiger partial charge in [0.1, 0.15) is 29.5 Å². The monoisotopic (exact) mass is 436 g/mol. The highest BCUT2D eigenvalue weighted by molar-refractivity contribution is 5.97. The summed E-state index contributed by atoms with van der Waals surface area (Å²) in [6.07, 6.45) is 1.73. The quantitative estimate of drug-likeness (QED) is 0.615. The third-order valence-electron chi connectivity index (χ3n) is 5.88. The van der Waals surface area contributed by atoms with Crippen molar-refractivity contribution in [3.8, 4) is 17.0 Å². The van der Waals surface area contributed by atoms with Crippen LogP contribution in [0.4, 0.5) is 0 Å². The third-order valence-corrected chi connectivity index (χ3v) is 5.88. The molecule has 0 saturated carbocycles. The van der Waals surface area contributed by atoms with Crippen LogP contribution in [0.3, 0.4) is 0 Å². The Balaban J connectivity index is 1.54. The number of amides is 2. The number of likely N-dealkylation sites (tertiary alicyclic amines) is 1. The number of H-pyrrole nitrogens is 1. The van der Waals surface area contributed by atoms with E-state index in [-0.39, 0.29) is 24.1 Å². The predicted octanol–water partition coefficient (Wildman–Crippen LogP) is 2.40. The minimum absolute atomic E-state index is 0.00162. The fraction of sp³-hybridized carbons (Fsp3) is 0.391. The lowest BCUT2D eigenvalue weighted by molar-refractivity contribution is -0.133. The van der Waals surface area contributed by atoms with Crippen LogP contribution in [0.2, 0.25) is 0 Å². The van der Waals surface area contributed by atoms with Crippen LogP contribution >= 0.6 is 0 Å². The van der Waals surface area contributed by atoms with Gasteiger partial charge in [0, 0.05) is 30.3 Å². The number of nitrogens with zero attached hydrogens (tertiary/aromatic N) is 4. The third kappa shape index (κ3) is 4.37. The zero-order valence-corrected chi connectivity index (χ0v) is 18.6. The maximum Gasteiger partial charge on any atom is 0.267 e. The topological polar surface area (TPSA) is 119 Å². The molecule has 0 spiro atoms. The van der Waals surface area contributed by atoms with E-state index in [0.29, 0.717) is 30.4 Å². The van der Waals surface area contributed by atoms with Crippen molar-refractivity contribution in [2.75, 3.05) is 20.2 Å². The average Bonchev–Trinajstić information content (AvgIpc) is 3.37. The molecule has 1 fully saturated rings. The number of nitrogens with one attached hydrogen (secondary N) is 1. The van der Waals surface area contributed by atoms with E-state index >= 15 is 0 Å². The van der Waals surface area contributed by atoms with Crippen molar-refractivity contribution in [3.05, 3.63) is 53.2 Å². The molecule has 1 saturated heterocycles. The van der Waals surface area contributed by atoms with Crippen LogP contribution in [-0.4, -0.2) is 56.7 Å². The number of aryl methyl sites for hydroxylation is 2. The highest BCUT2D eigenvalue weighted by Gasteiger charge is 2.29. The number of hydrogen-bond donors (Lipinski definition) is 2. The fourth-order valence-electron chi connectivity index (χ4n) is 4.21. The largest absolute Gasteiger partial charge is 0.497 e.